The molecule has 0 spiro atoms. The first-order chi connectivity index (χ1) is 7.11. The Balaban J connectivity index is 5.16. The second-order valence-corrected chi connectivity index (χ2v) is 3.77. The first kappa shape index (κ1) is 16.4. The predicted molar refractivity (Wildman–Crippen MR) is 41.4 cm³/mol. The van der Waals surface area contributed by atoms with Crippen molar-refractivity contribution in [2.45, 2.75) is 44.8 Å². The zero-order chi connectivity index (χ0) is 14.3. The molecule has 1 nitrogen and oxygen atoms in total. The van der Waals surface area contributed by atoms with E-state index in [1.807, 2.05) is 0 Å². The highest BCUT2D eigenvalue weighted by Crippen LogP contribution is 2.47. The summed E-state index contributed by atoms with van der Waals surface area (Å²) in [6.45, 7) is 0.0372. The first-order valence-corrected chi connectivity index (χ1v) is 4.32. The number of rotatable bonds is 4. The third-order valence-corrected chi connectivity index (χ3v) is 2.21. The first-order valence-electron chi connectivity index (χ1n) is 4.32. The Bertz CT molecular complexity index is 264. The molecule has 0 N–H and O–H groups in total. The quantitative estimate of drug-likeness (QED) is 0.700. The molecule has 0 amide bonds. The molecule has 2 unspecified atom stereocenters. The van der Waals surface area contributed by atoms with E-state index in [1.54, 1.807) is 0 Å². The molecule has 0 aromatic heterocycles. The average Bonchev–Trinajstić information content (AvgIpc) is 1.95. The van der Waals surface area contributed by atoms with E-state index in [0.717, 1.165) is 0 Å². The molecule has 0 heterocycles. The Hall–Kier alpha value is -0.600. The van der Waals surface area contributed by atoms with Gasteiger partial charge in [-0.2, -0.15) is 8.78 Å². The molecule has 0 aromatic carbocycles. The largest absolute Gasteiger partial charge is 0.525 e. The van der Waals surface area contributed by atoms with Gasteiger partial charge in [-0.05, 0) is 6.92 Å². The number of alkyl halides is 8. The lowest BCUT2D eigenvalue weighted by molar-refractivity contribution is -0.433. The van der Waals surface area contributed by atoms with Gasteiger partial charge < -0.3 is 0 Å². The van der Waals surface area contributed by atoms with Gasteiger partial charge in [-0.25, -0.2) is 17.9 Å². The molecule has 0 radical (unpaired) electrons. The van der Waals surface area contributed by atoms with Gasteiger partial charge in [0.15, 0.2) is 0 Å². The minimum absolute atomic E-state index is 0.0508. The molecule has 0 aliphatic heterocycles. The Morgan fingerprint density at radius 1 is 0.824 bits per heavy atom. The molecular weight excluding hydrogens is 264 g/mol. The molecule has 9 heteroatoms. The van der Waals surface area contributed by atoms with E-state index < -0.39 is 30.0 Å². The van der Waals surface area contributed by atoms with Crippen molar-refractivity contribution in [1.82, 2.24) is 0 Å². The molecule has 17 heavy (non-hydrogen) atoms. The fraction of sp³-hybridized carbons (Fsp3) is 1.00. The van der Waals surface area contributed by atoms with Crippen LogP contribution in [0.4, 0.5) is 35.1 Å². The number of hydrogen-bond donors (Lipinski definition) is 0. The third-order valence-electron chi connectivity index (χ3n) is 2.21. The van der Waals surface area contributed by atoms with Crippen molar-refractivity contribution in [3.05, 3.63) is 0 Å². The van der Waals surface area contributed by atoms with Crippen LogP contribution in [0.3, 0.4) is 0 Å². The lowest BCUT2D eigenvalue weighted by atomic mass is 9.92. The Morgan fingerprint density at radius 3 is 1.41 bits per heavy atom. The van der Waals surface area contributed by atoms with Gasteiger partial charge in [0.1, 0.15) is 0 Å². The van der Waals surface area contributed by atoms with Crippen LogP contribution in [0.25, 0.3) is 0 Å². The number of ether oxygens (including phenoxy) is 1. The molecule has 104 valence electrons. The van der Waals surface area contributed by atoms with E-state index in [0.29, 0.717) is 0 Å². The Morgan fingerprint density at radius 2 is 1.18 bits per heavy atom. The maximum Gasteiger partial charge on any atom is 0.525 e. The lowest BCUT2D eigenvalue weighted by Crippen LogP contribution is -2.54. The SMILES string of the molecule is CC(C(C)(F)F)C(F)(F)C(C)(F)OC(F)(F)F. The lowest BCUT2D eigenvalue weighted by Gasteiger charge is -2.36. The van der Waals surface area contributed by atoms with Gasteiger partial charge in [0.05, 0.1) is 5.92 Å². The minimum Gasteiger partial charge on any atom is -0.248 e. The van der Waals surface area contributed by atoms with E-state index in [2.05, 4.69) is 4.74 Å². The van der Waals surface area contributed by atoms with Gasteiger partial charge in [-0.3, -0.25) is 0 Å². The van der Waals surface area contributed by atoms with Gasteiger partial charge in [0, 0.05) is 6.92 Å². The summed E-state index contributed by atoms with van der Waals surface area (Å²) in [6.07, 6.45) is -5.70. The van der Waals surface area contributed by atoms with Crippen LogP contribution in [-0.4, -0.2) is 24.1 Å². The van der Waals surface area contributed by atoms with Gasteiger partial charge in [-0.1, -0.05) is 6.92 Å². The zero-order valence-corrected chi connectivity index (χ0v) is 9.01. The standard InChI is InChI=1S/C8H10F8O/c1-4(5(2,9)10)7(12,13)6(3,11)17-8(14,15)16/h4H,1-3H3. The maximum absolute atomic E-state index is 13.1. The molecular formula is C8H10F8O. The van der Waals surface area contributed by atoms with Gasteiger partial charge >= 0.3 is 12.3 Å². The predicted octanol–water partition coefficient (Wildman–Crippen LogP) is 4.14. The summed E-state index contributed by atoms with van der Waals surface area (Å²) in [6, 6.07) is 0. The second-order valence-electron chi connectivity index (χ2n) is 3.77. The molecule has 0 rings (SSSR count). The van der Waals surface area contributed by atoms with Crippen molar-refractivity contribution in [3.63, 3.8) is 0 Å². The summed E-state index contributed by atoms with van der Waals surface area (Å²) in [7, 11) is 0. The normalized spacial score (nSPS) is 19.9. The molecule has 0 aliphatic rings. The van der Waals surface area contributed by atoms with Crippen LogP contribution in [0.2, 0.25) is 0 Å². The minimum atomic E-state index is -5.70. The molecule has 0 aromatic rings. The molecule has 0 aliphatic carbocycles. The van der Waals surface area contributed by atoms with Crippen LogP contribution in [0, 0.1) is 5.92 Å². The third kappa shape index (κ3) is 3.97. The summed E-state index contributed by atoms with van der Waals surface area (Å²) in [5, 5.41) is 0. The Kier molecular flexibility index (Phi) is 4.10. The highest BCUT2D eigenvalue weighted by molar-refractivity contribution is 4.92. The highest BCUT2D eigenvalue weighted by Gasteiger charge is 2.64. The van der Waals surface area contributed by atoms with Crippen molar-refractivity contribution in [3.8, 4) is 0 Å². The molecule has 0 fully saturated rings. The summed E-state index contributed by atoms with van der Waals surface area (Å²) in [4.78, 5) is 0. The van der Waals surface area contributed by atoms with Crippen molar-refractivity contribution in [2.75, 3.05) is 0 Å². The van der Waals surface area contributed by atoms with Crippen LogP contribution in [0.1, 0.15) is 20.8 Å². The molecule has 2 atom stereocenters. The maximum atomic E-state index is 13.1. The fourth-order valence-electron chi connectivity index (χ4n) is 0.990. The number of halogens is 8. The van der Waals surface area contributed by atoms with Gasteiger partial charge in [0.2, 0.25) is 0 Å². The molecule has 0 saturated heterocycles. The summed E-state index contributed by atoms with van der Waals surface area (Å²) < 4.78 is 102. The van der Waals surface area contributed by atoms with Crippen LogP contribution in [-0.2, 0) is 4.74 Å². The van der Waals surface area contributed by atoms with Crippen molar-refractivity contribution in [2.24, 2.45) is 5.92 Å². The highest BCUT2D eigenvalue weighted by atomic mass is 19.4. The van der Waals surface area contributed by atoms with Crippen LogP contribution < -0.4 is 0 Å². The van der Waals surface area contributed by atoms with Crippen molar-refractivity contribution in [1.29, 1.82) is 0 Å². The van der Waals surface area contributed by atoms with E-state index in [4.69, 9.17) is 0 Å². The van der Waals surface area contributed by atoms with Crippen LogP contribution >= 0.6 is 0 Å². The molecule has 0 bridgehead atoms. The van der Waals surface area contributed by atoms with E-state index in [-0.39, 0.29) is 20.8 Å². The average molecular weight is 274 g/mol. The van der Waals surface area contributed by atoms with Crippen molar-refractivity contribution < 1.29 is 39.9 Å². The molecule has 0 saturated carbocycles. The van der Waals surface area contributed by atoms with Crippen LogP contribution in [0.5, 0.6) is 0 Å². The van der Waals surface area contributed by atoms with E-state index in [1.165, 1.54) is 0 Å². The van der Waals surface area contributed by atoms with Gasteiger partial charge in [0.25, 0.3) is 11.8 Å². The topological polar surface area (TPSA) is 9.23 Å². The monoisotopic (exact) mass is 274 g/mol. The summed E-state index contributed by atoms with van der Waals surface area (Å²) in [5.74, 6) is -16.6. The van der Waals surface area contributed by atoms with E-state index in [9.17, 15) is 35.1 Å². The second kappa shape index (κ2) is 4.25. The van der Waals surface area contributed by atoms with E-state index >= 15 is 0 Å². The summed E-state index contributed by atoms with van der Waals surface area (Å²) >= 11 is 0. The fourth-order valence-corrected chi connectivity index (χ4v) is 0.990. The number of hydrogen-bond acceptors (Lipinski definition) is 1. The van der Waals surface area contributed by atoms with Crippen molar-refractivity contribution >= 4 is 0 Å². The smallest absolute Gasteiger partial charge is 0.248 e. The zero-order valence-electron chi connectivity index (χ0n) is 9.01. The summed E-state index contributed by atoms with van der Waals surface area (Å²) in [5.41, 5.74) is 0. The van der Waals surface area contributed by atoms with Gasteiger partial charge in [-0.15, -0.1) is 13.2 Å². The van der Waals surface area contributed by atoms with Crippen LogP contribution in [0.15, 0.2) is 0 Å². The Labute approximate surface area is 91.7 Å².